The highest BCUT2D eigenvalue weighted by Gasteiger charge is 2.22. The van der Waals surface area contributed by atoms with Crippen molar-refractivity contribution in [3.8, 4) is 0 Å². The van der Waals surface area contributed by atoms with E-state index in [0.717, 1.165) is 11.3 Å². The molecular weight excluding hydrogens is 268 g/mol. The van der Waals surface area contributed by atoms with Crippen molar-refractivity contribution < 1.29 is 14.7 Å². The van der Waals surface area contributed by atoms with E-state index in [1.165, 1.54) is 5.51 Å². The lowest BCUT2D eigenvalue weighted by atomic mass is 10.1. The van der Waals surface area contributed by atoms with E-state index < -0.39 is 18.0 Å². The zero-order chi connectivity index (χ0) is 13.7. The Morgan fingerprint density at radius 1 is 1.26 bits per heavy atom. The fourth-order valence-electron chi connectivity index (χ4n) is 1.42. The van der Waals surface area contributed by atoms with Gasteiger partial charge in [0, 0.05) is 0 Å². The summed E-state index contributed by atoms with van der Waals surface area (Å²) in [6, 6.07) is 6.67. The van der Waals surface area contributed by atoms with Crippen LogP contribution in [0.25, 0.3) is 0 Å². The van der Waals surface area contributed by atoms with E-state index in [9.17, 15) is 9.59 Å². The number of nitrogens with zero attached hydrogens (tertiary/aromatic N) is 2. The largest absolute Gasteiger partial charge is 0.479 e. The molecule has 1 atom stereocenters. The summed E-state index contributed by atoms with van der Waals surface area (Å²) in [6.45, 7) is 0. The van der Waals surface area contributed by atoms with Gasteiger partial charge < -0.3 is 10.4 Å². The number of carboxylic acid groups (broad SMARTS) is 1. The highest BCUT2D eigenvalue weighted by Crippen LogP contribution is 2.13. The number of anilines is 1. The van der Waals surface area contributed by atoms with Crippen LogP contribution in [0.15, 0.2) is 35.8 Å². The summed E-state index contributed by atoms with van der Waals surface area (Å²) in [5, 5.41) is 21.4. The molecule has 3 N–H and O–H groups in total. The number of benzene rings is 1. The Hall–Kier alpha value is -2.48. The Balaban J connectivity index is 2.05. The van der Waals surface area contributed by atoms with Crippen LogP contribution in [0, 0.1) is 0 Å². The molecule has 0 bridgehead atoms. The van der Waals surface area contributed by atoms with Crippen molar-refractivity contribution in [3.63, 3.8) is 0 Å². The maximum atomic E-state index is 11.7. The number of rotatable bonds is 4. The molecule has 0 aliphatic heterocycles. The average molecular weight is 278 g/mol. The highest BCUT2D eigenvalue weighted by atomic mass is 32.1. The summed E-state index contributed by atoms with van der Waals surface area (Å²) < 4.78 is 0. The van der Waals surface area contributed by atoms with Gasteiger partial charge in [0.15, 0.2) is 6.04 Å². The van der Waals surface area contributed by atoms with E-state index in [1.54, 1.807) is 30.3 Å². The standard InChI is InChI=1S/C11H10N4O3S/c16-9(17)8(7-4-2-1-3-5-7)13-10(18)14-11-15-12-6-19-11/h1-6,8H,(H,16,17)(H2,13,14,15,18)/t8-/m0/s1. The summed E-state index contributed by atoms with van der Waals surface area (Å²) in [4.78, 5) is 22.8. The summed E-state index contributed by atoms with van der Waals surface area (Å²) >= 11 is 1.14. The summed E-state index contributed by atoms with van der Waals surface area (Å²) in [6.07, 6.45) is 0. The summed E-state index contributed by atoms with van der Waals surface area (Å²) in [5.41, 5.74) is 1.95. The quantitative estimate of drug-likeness (QED) is 0.786. The third-order valence-corrected chi connectivity index (χ3v) is 2.84. The molecule has 0 spiro atoms. The van der Waals surface area contributed by atoms with Gasteiger partial charge in [0.2, 0.25) is 5.13 Å². The van der Waals surface area contributed by atoms with Gasteiger partial charge in [-0.15, -0.1) is 10.2 Å². The lowest BCUT2D eigenvalue weighted by molar-refractivity contribution is -0.139. The molecule has 1 heterocycles. The monoisotopic (exact) mass is 278 g/mol. The number of carbonyl (C=O) groups excluding carboxylic acids is 1. The van der Waals surface area contributed by atoms with Gasteiger partial charge in [-0.25, -0.2) is 9.59 Å². The number of carbonyl (C=O) groups is 2. The second kappa shape index (κ2) is 5.91. The van der Waals surface area contributed by atoms with Gasteiger partial charge in [-0.2, -0.15) is 0 Å². The Kier molecular flexibility index (Phi) is 4.04. The SMILES string of the molecule is O=C(Nc1nncs1)N[C@H](C(=O)O)c1ccccc1. The molecule has 0 fully saturated rings. The first-order valence-electron chi connectivity index (χ1n) is 5.28. The van der Waals surface area contributed by atoms with Crippen LogP contribution in [-0.2, 0) is 4.79 Å². The molecule has 2 amide bonds. The number of nitrogens with one attached hydrogen (secondary N) is 2. The maximum absolute atomic E-state index is 11.7. The smallest absolute Gasteiger partial charge is 0.330 e. The minimum atomic E-state index is -1.14. The first-order chi connectivity index (χ1) is 9.16. The fourth-order valence-corrected chi connectivity index (χ4v) is 1.87. The van der Waals surface area contributed by atoms with Gasteiger partial charge in [-0.1, -0.05) is 41.7 Å². The average Bonchev–Trinajstić information content (AvgIpc) is 2.89. The van der Waals surface area contributed by atoms with E-state index in [1.807, 2.05) is 0 Å². The van der Waals surface area contributed by atoms with Crippen molar-refractivity contribution in [2.75, 3.05) is 5.32 Å². The highest BCUT2D eigenvalue weighted by molar-refractivity contribution is 7.13. The van der Waals surface area contributed by atoms with E-state index in [4.69, 9.17) is 5.11 Å². The number of aromatic nitrogens is 2. The van der Waals surface area contributed by atoms with Crippen LogP contribution >= 0.6 is 11.3 Å². The summed E-state index contributed by atoms with van der Waals surface area (Å²) in [5.74, 6) is -1.14. The lowest BCUT2D eigenvalue weighted by Gasteiger charge is -2.14. The second-order valence-electron chi connectivity index (χ2n) is 3.52. The molecule has 8 heteroatoms. The Morgan fingerprint density at radius 2 is 2.00 bits per heavy atom. The molecule has 0 unspecified atom stereocenters. The Morgan fingerprint density at radius 3 is 2.58 bits per heavy atom. The van der Waals surface area contributed by atoms with Crippen molar-refractivity contribution in [1.82, 2.24) is 15.5 Å². The molecule has 2 aromatic rings. The van der Waals surface area contributed by atoms with Crippen LogP contribution in [0.2, 0.25) is 0 Å². The molecule has 0 aliphatic carbocycles. The number of carboxylic acids is 1. The predicted molar refractivity (Wildman–Crippen MR) is 68.9 cm³/mol. The molecule has 0 saturated heterocycles. The molecule has 0 aliphatic rings. The van der Waals surface area contributed by atoms with Crippen LogP contribution in [0.5, 0.6) is 0 Å². The first kappa shape index (κ1) is 13.0. The van der Waals surface area contributed by atoms with Gasteiger partial charge in [0.1, 0.15) is 5.51 Å². The van der Waals surface area contributed by atoms with Crippen molar-refractivity contribution in [1.29, 1.82) is 0 Å². The number of hydrogen-bond acceptors (Lipinski definition) is 5. The number of hydrogen-bond donors (Lipinski definition) is 3. The third kappa shape index (κ3) is 3.49. The Bertz CT molecular complexity index is 559. The number of aliphatic carboxylic acids is 1. The van der Waals surface area contributed by atoms with Crippen molar-refractivity contribution in [3.05, 3.63) is 41.4 Å². The maximum Gasteiger partial charge on any atom is 0.330 e. The summed E-state index contributed by atoms with van der Waals surface area (Å²) in [7, 11) is 0. The van der Waals surface area contributed by atoms with Crippen molar-refractivity contribution in [2.24, 2.45) is 0 Å². The number of amides is 2. The topological polar surface area (TPSA) is 104 Å². The van der Waals surface area contributed by atoms with Crippen LogP contribution in [0.3, 0.4) is 0 Å². The van der Waals surface area contributed by atoms with Crippen LogP contribution in [-0.4, -0.2) is 27.3 Å². The first-order valence-corrected chi connectivity index (χ1v) is 6.16. The van der Waals surface area contributed by atoms with Gasteiger partial charge in [0.25, 0.3) is 0 Å². The molecule has 1 aromatic heterocycles. The van der Waals surface area contributed by atoms with Crippen LogP contribution in [0.4, 0.5) is 9.93 Å². The molecule has 0 saturated carbocycles. The van der Waals surface area contributed by atoms with E-state index in [2.05, 4.69) is 20.8 Å². The van der Waals surface area contributed by atoms with E-state index in [0.29, 0.717) is 10.7 Å². The fraction of sp³-hybridized carbons (Fsp3) is 0.0909. The zero-order valence-electron chi connectivity index (χ0n) is 9.61. The lowest BCUT2D eigenvalue weighted by Crippen LogP contribution is -2.36. The molecular formula is C11H10N4O3S. The normalized spacial score (nSPS) is 11.6. The van der Waals surface area contributed by atoms with Gasteiger partial charge >= 0.3 is 12.0 Å². The van der Waals surface area contributed by atoms with Crippen molar-refractivity contribution >= 4 is 28.5 Å². The van der Waals surface area contributed by atoms with Crippen LogP contribution < -0.4 is 10.6 Å². The molecule has 7 nitrogen and oxygen atoms in total. The zero-order valence-corrected chi connectivity index (χ0v) is 10.4. The molecule has 98 valence electrons. The minimum absolute atomic E-state index is 0.301. The molecule has 1 aromatic carbocycles. The van der Waals surface area contributed by atoms with Gasteiger partial charge in [-0.05, 0) is 5.56 Å². The number of urea groups is 1. The van der Waals surface area contributed by atoms with Gasteiger partial charge in [-0.3, -0.25) is 5.32 Å². The molecule has 19 heavy (non-hydrogen) atoms. The Labute approximate surface area is 112 Å². The van der Waals surface area contributed by atoms with Gasteiger partial charge in [0.05, 0.1) is 0 Å². The molecule has 2 rings (SSSR count). The third-order valence-electron chi connectivity index (χ3n) is 2.24. The van der Waals surface area contributed by atoms with Crippen molar-refractivity contribution in [2.45, 2.75) is 6.04 Å². The second-order valence-corrected chi connectivity index (χ2v) is 4.36. The molecule has 0 radical (unpaired) electrons. The van der Waals surface area contributed by atoms with Crippen LogP contribution in [0.1, 0.15) is 11.6 Å². The van der Waals surface area contributed by atoms with E-state index in [-0.39, 0.29) is 0 Å². The minimum Gasteiger partial charge on any atom is -0.479 e. The van der Waals surface area contributed by atoms with E-state index >= 15 is 0 Å². The predicted octanol–water partition coefficient (Wildman–Crippen LogP) is 1.49.